The van der Waals surface area contributed by atoms with Crippen molar-refractivity contribution >= 4 is 0 Å². The molecule has 0 aliphatic heterocycles. The number of hydrogen-bond donors (Lipinski definition) is 0. The van der Waals surface area contributed by atoms with Crippen molar-refractivity contribution in [3.05, 3.63) is 11.6 Å². The Hall–Kier alpha value is -0.260. The lowest BCUT2D eigenvalue weighted by Crippen LogP contribution is -2.08. The van der Waals surface area contributed by atoms with Gasteiger partial charge in [0.25, 0.3) is 0 Å². The van der Waals surface area contributed by atoms with E-state index >= 15 is 0 Å². The number of rotatable bonds is 6. The molecule has 3 atom stereocenters. The summed E-state index contributed by atoms with van der Waals surface area (Å²) < 4.78 is 0. The lowest BCUT2D eigenvalue weighted by molar-refractivity contribution is 0.516. The molecule has 0 rings (SSSR count). The molecular formula is C14H28. The van der Waals surface area contributed by atoms with Crippen molar-refractivity contribution in [3.8, 4) is 0 Å². The molecule has 0 heterocycles. The molecule has 0 spiro atoms. The van der Waals surface area contributed by atoms with Crippen LogP contribution in [0.15, 0.2) is 11.6 Å². The van der Waals surface area contributed by atoms with Crippen LogP contribution in [-0.2, 0) is 0 Å². The molecule has 0 saturated carbocycles. The van der Waals surface area contributed by atoms with Gasteiger partial charge in [0.15, 0.2) is 0 Å². The first-order valence-corrected chi connectivity index (χ1v) is 6.28. The average molecular weight is 196 g/mol. The minimum absolute atomic E-state index is 0.744. The van der Waals surface area contributed by atoms with Crippen molar-refractivity contribution in [2.45, 2.75) is 60.8 Å². The molecule has 0 saturated heterocycles. The van der Waals surface area contributed by atoms with Crippen LogP contribution in [0.5, 0.6) is 0 Å². The fourth-order valence-electron chi connectivity index (χ4n) is 1.73. The van der Waals surface area contributed by atoms with Crippen LogP contribution in [0.1, 0.15) is 60.8 Å². The summed E-state index contributed by atoms with van der Waals surface area (Å²) in [6.45, 7) is 13.9. The molecule has 0 aromatic rings. The van der Waals surface area contributed by atoms with Crippen LogP contribution in [0.2, 0.25) is 0 Å². The lowest BCUT2D eigenvalue weighted by atomic mass is 9.84. The maximum absolute atomic E-state index is 2.52. The molecule has 0 heteroatoms. The standard InChI is InChI=1S/C14H28/c1-7-11(4)10-14(12(5)8-2)13(6)9-3/h10-13H,7-9H2,1-6H3. The van der Waals surface area contributed by atoms with Gasteiger partial charge in [0, 0.05) is 0 Å². The normalized spacial score (nSPS) is 17.3. The molecule has 3 unspecified atom stereocenters. The Bertz CT molecular complexity index is 155. The average Bonchev–Trinajstić information content (AvgIpc) is 2.23. The van der Waals surface area contributed by atoms with E-state index in [4.69, 9.17) is 0 Å². The Balaban J connectivity index is 4.61. The zero-order valence-corrected chi connectivity index (χ0v) is 10.9. The third kappa shape index (κ3) is 4.30. The third-order valence-electron chi connectivity index (χ3n) is 3.48. The summed E-state index contributed by atoms with van der Waals surface area (Å²) in [5.74, 6) is 2.27. The third-order valence-corrected chi connectivity index (χ3v) is 3.48. The first-order valence-electron chi connectivity index (χ1n) is 6.28. The van der Waals surface area contributed by atoms with Gasteiger partial charge in [-0.1, -0.05) is 59.6 Å². The fraction of sp³-hybridized carbons (Fsp3) is 0.857. The van der Waals surface area contributed by atoms with Crippen molar-refractivity contribution in [1.29, 1.82) is 0 Å². The molecule has 0 N–H and O–H groups in total. The van der Waals surface area contributed by atoms with Crippen molar-refractivity contribution in [1.82, 2.24) is 0 Å². The summed E-state index contributed by atoms with van der Waals surface area (Å²) in [5, 5.41) is 0. The smallest absolute Gasteiger partial charge is 0.0232 e. The van der Waals surface area contributed by atoms with Crippen LogP contribution >= 0.6 is 0 Å². The van der Waals surface area contributed by atoms with Crippen LogP contribution in [0.25, 0.3) is 0 Å². The van der Waals surface area contributed by atoms with Crippen molar-refractivity contribution in [3.63, 3.8) is 0 Å². The first-order chi connectivity index (χ1) is 6.56. The van der Waals surface area contributed by atoms with Gasteiger partial charge in [0.05, 0.1) is 0 Å². The maximum atomic E-state index is 2.52. The van der Waals surface area contributed by atoms with Gasteiger partial charge < -0.3 is 0 Å². The Morgan fingerprint density at radius 2 is 1.29 bits per heavy atom. The maximum Gasteiger partial charge on any atom is -0.0232 e. The van der Waals surface area contributed by atoms with Crippen LogP contribution < -0.4 is 0 Å². The van der Waals surface area contributed by atoms with Crippen molar-refractivity contribution < 1.29 is 0 Å². The van der Waals surface area contributed by atoms with E-state index in [9.17, 15) is 0 Å². The second kappa shape index (κ2) is 7.09. The highest BCUT2D eigenvalue weighted by Gasteiger charge is 2.13. The minimum atomic E-state index is 0.744. The summed E-state index contributed by atoms with van der Waals surface area (Å²) in [4.78, 5) is 0. The van der Waals surface area contributed by atoms with Gasteiger partial charge in [0.1, 0.15) is 0 Å². The number of hydrogen-bond acceptors (Lipinski definition) is 0. The lowest BCUT2D eigenvalue weighted by Gasteiger charge is -2.22. The molecule has 0 radical (unpaired) electrons. The van der Waals surface area contributed by atoms with Gasteiger partial charge in [-0.25, -0.2) is 0 Å². The predicted octanol–water partition coefficient (Wildman–Crippen LogP) is 5.05. The number of allylic oxidation sites excluding steroid dienone is 2. The van der Waals surface area contributed by atoms with Gasteiger partial charge in [-0.05, 0) is 30.6 Å². The molecule has 14 heavy (non-hydrogen) atoms. The molecule has 84 valence electrons. The first kappa shape index (κ1) is 13.7. The zero-order valence-electron chi connectivity index (χ0n) is 10.9. The van der Waals surface area contributed by atoms with E-state index in [1.165, 1.54) is 19.3 Å². The van der Waals surface area contributed by atoms with Crippen molar-refractivity contribution in [2.24, 2.45) is 17.8 Å². The Labute approximate surface area is 90.8 Å². The summed E-state index contributed by atoms with van der Waals surface area (Å²) >= 11 is 0. The summed E-state index contributed by atoms with van der Waals surface area (Å²) in [7, 11) is 0. The summed E-state index contributed by atoms with van der Waals surface area (Å²) in [6, 6.07) is 0. The Kier molecular flexibility index (Phi) is 6.96. The Morgan fingerprint density at radius 1 is 0.857 bits per heavy atom. The van der Waals surface area contributed by atoms with E-state index in [-0.39, 0.29) is 0 Å². The molecule has 0 aromatic heterocycles. The van der Waals surface area contributed by atoms with Crippen LogP contribution in [-0.4, -0.2) is 0 Å². The fourth-order valence-corrected chi connectivity index (χ4v) is 1.73. The minimum Gasteiger partial charge on any atom is -0.0820 e. The second-order valence-corrected chi connectivity index (χ2v) is 4.67. The van der Waals surface area contributed by atoms with E-state index < -0.39 is 0 Å². The predicted molar refractivity (Wildman–Crippen MR) is 66.4 cm³/mol. The second-order valence-electron chi connectivity index (χ2n) is 4.67. The molecule has 0 nitrogen and oxygen atoms in total. The van der Waals surface area contributed by atoms with E-state index in [0.29, 0.717) is 0 Å². The van der Waals surface area contributed by atoms with Gasteiger partial charge >= 0.3 is 0 Å². The van der Waals surface area contributed by atoms with Crippen LogP contribution in [0.3, 0.4) is 0 Å². The van der Waals surface area contributed by atoms with Gasteiger partial charge in [-0.2, -0.15) is 0 Å². The van der Waals surface area contributed by atoms with E-state index in [1.807, 2.05) is 0 Å². The zero-order chi connectivity index (χ0) is 11.1. The molecule has 0 aliphatic rings. The highest BCUT2D eigenvalue weighted by Crippen LogP contribution is 2.27. The van der Waals surface area contributed by atoms with Crippen LogP contribution in [0.4, 0.5) is 0 Å². The highest BCUT2D eigenvalue weighted by molar-refractivity contribution is 5.10. The summed E-state index contributed by atoms with van der Waals surface area (Å²) in [6.07, 6.45) is 6.32. The van der Waals surface area contributed by atoms with E-state index in [0.717, 1.165) is 17.8 Å². The monoisotopic (exact) mass is 196 g/mol. The highest BCUT2D eigenvalue weighted by atomic mass is 14.2. The largest absolute Gasteiger partial charge is 0.0820 e. The van der Waals surface area contributed by atoms with Gasteiger partial charge in [-0.15, -0.1) is 0 Å². The molecule has 0 fully saturated rings. The summed E-state index contributed by atoms with van der Waals surface area (Å²) in [5.41, 5.74) is 1.68. The quantitative estimate of drug-likeness (QED) is 0.521. The molecule has 0 aromatic carbocycles. The molecule has 0 aliphatic carbocycles. The topological polar surface area (TPSA) is 0 Å². The van der Waals surface area contributed by atoms with E-state index in [2.05, 4.69) is 47.6 Å². The Morgan fingerprint density at radius 3 is 1.57 bits per heavy atom. The van der Waals surface area contributed by atoms with Gasteiger partial charge in [-0.3, -0.25) is 0 Å². The van der Waals surface area contributed by atoms with Crippen molar-refractivity contribution in [2.75, 3.05) is 0 Å². The van der Waals surface area contributed by atoms with Crippen LogP contribution in [0, 0.1) is 17.8 Å². The van der Waals surface area contributed by atoms with Gasteiger partial charge in [0.2, 0.25) is 0 Å². The molecular weight excluding hydrogens is 168 g/mol. The van der Waals surface area contributed by atoms with E-state index in [1.54, 1.807) is 5.57 Å². The molecule has 0 bridgehead atoms. The SMILES string of the molecule is CCC(C)C=C(C(C)CC)C(C)CC. The molecule has 0 amide bonds.